The summed E-state index contributed by atoms with van der Waals surface area (Å²) in [5.74, 6) is 0. The Morgan fingerprint density at radius 1 is 1.33 bits per heavy atom. The Labute approximate surface area is 109 Å². The molecule has 2 rings (SSSR count). The van der Waals surface area contributed by atoms with Crippen molar-refractivity contribution in [1.82, 2.24) is 4.98 Å². The van der Waals surface area contributed by atoms with Crippen LogP contribution in [0.5, 0.6) is 0 Å². The van der Waals surface area contributed by atoms with Gasteiger partial charge in [-0.2, -0.15) is 0 Å². The number of aryl methyl sites for hydroxylation is 2. The van der Waals surface area contributed by atoms with E-state index in [1.807, 2.05) is 13.8 Å². The summed E-state index contributed by atoms with van der Waals surface area (Å²) in [7, 11) is 0. The quantitative estimate of drug-likeness (QED) is 0.679. The van der Waals surface area contributed by atoms with E-state index in [9.17, 15) is 10.1 Å². The van der Waals surface area contributed by atoms with Crippen LogP contribution in [0.4, 0.5) is 11.4 Å². The minimum atomic E-state index is -0.402. The maximum atomic E-state index is 10.5. The van der Waals surface area contributed by atoms with E-state index in [0.29, 0.717) is 6.54 Å². The summed E-state index contributed by atoms with van der Waals surface area (Å²) < 4.78 is 0. The lowest BCUT2D eigenvalue weighted by Crippen LogP contribution is -1.99. The second-order valence-electron chi connectivity index (χ2n) is 3.90. The number of nitro groups is 1. The van der Waals surface area contributed by atoms with E-state index in [1.54, 1.807) is 23.5 Å². The van der Waals surface area contributed by atoms with Crippen molar-refractivity contribution in [2.45, 2.75) is 20.4 Å². The first-order valence-corrected chi connectivity index (χ1v) is 6.29. The van der Waals surface area contributed by atoms with Gasteiger partial charge in [0.05, 0.1) is 22.2 Å². The van der Waals surface area contributed by atoms with Gasteiger partial charge in [0.2, 0.25) is 0 Å². The highest BCUT2D eigenvalue weighted by Crippen LogP contribution is 2.20. The van der Waals surface area contributed by atoms with Gasteiger partial charge in [0.25, 0.3) is 5.69 Å². The van der Waals surface area contributed by atoms with E-state index in [2.05, 4.69) is 10.3 Å². The maximum absolute atomic E-state index is 10.5. The number of benzene rings is 1. The Balaban J connectivity index is 2.02. The smallest absolute Gasteiger partial charge is 0.269 e. The summed E-state index contributed by atoms with van der Waals surface area (Å²) in [6.07, 6.45) is 0. The fourth-order valence-corrected chi connectivity index (χ4v) is 2.50. The number of nitrogens with one attached hydrogen (secondary N) is 1. The van der Waals surface area contributed by atoms with Crippen molar-refractivity contribution < 1.29 is 4.92 Å². The molecule has 0 radical (unpaired) electrons. The molecule has 2 aromatic rings. The molecule has 0 aliphatic carbocycles. The largest absolute Gasteiger partial charge is 0.380 e. The van der Waals surface area contributed by atoms with Gasteiger partial charge in [-0.1, -0.05) is 0 Å². The lowest BCUT2D eigenvalue weighted by Gasteiger charge is -2.04. The van der Waals surface area contributed by atoms with Gasteiger partial charge in [0.1, 0.15) is 0 Å². The van der Waals surface area contributed by atoms with Crippen molar-refractivity contribution in [3.05, 3.63) is 50.0 Å². The molecule has 0 spiro atoms. The Bertz CT molecular complexity index is 563. The van der Waals surface area contributed by atoms with E-state index in [4.69, 9.17) is 0 Å². The van der Waals surface area contributed by atoms with E-state index in [1.165, 1.54) is 17.0 Å². The van der Waals surface area contributed by atoms with E-state index in [0.717, 1.165) is 16.4 Å². The molecule has 0 unspecified atom stereocenters. The van der Waals surface area contributed by atoms with Crippen LogP contribution in [0.1, 0.15) is 15.6 Å². The molecule has 18 heavy (non-hydrogen) atoms. The third-order valence-corrected chi connectivity index (χ3v) is 3.60. The van der Waals surface area contributed by atoms with Crippen LogP contribution in [0.3, 0.4) is 0 Å². The summed E-state index contributed by atoms with van der Waals surface area (Å²) in [5.41, 5.74) is 2.00. The molecule has 0 atom stereocenters. The predicted molar refractivity (Wildman–Crippen MR) is 72.0 cm³/mol. The fraction of sp³-hybridized carbons (Fsp3) is 0.250. The Morgan fingerprint density at radius 2 is 2.00 bits per heavy atom. The Morgan fingerprint density at radius 3 is 2.50 bits per heavy atom. The summed E-state index contributed by atoms with van der Waals surface area (Å²) in [6, 6.07) is 6.41. The van der Waals surface area contributed by atoms with Crippen LogP contribution >= 0.6 is 11.3 Å². The molecular weight excluding hydrogens is 250 g/mol. The lowest BCUT2D eigenvalue weighted by atomic mass is 10.3. The number of anilines is 1. The zero-order valence-electron chi connectivity index (χ0n) is 10.1. The highest BCUT2D eigenvalue weighted by Gasteiger charge is 2.06. The number of nitro benzene ring substituents is 1. The predicted octanol–water partition coefficient (Wildman–Crippen LogP) is 3.28. The minimum Gasteiger partial charge on any atom is -0.380 e. The molecule has 0 bridgehead atoms. The Kier molecular flexibility index (Phi) is 3.57. The molecule has 94 valence electrons. The average Bonchev–Trinajstić information content (AvgIpc) is 2.66. The highest BCUT2D eigenvalue weighted by atomic mass is 32.1. The first-order valence-electron chi connectivity index (χ1n) is 5.47. The van der Waals surface area contributed by atoms with E-state index >= 15 is 0 Å². The molecule has 6 heteroatoms. The second-order valence-corrected chi connectivity index (χ2v) is 5.19. The zero-order valence-corrected chi connectivity index (χ0v) is 11.0. The Hall–Kier alpha value is -1.95. The third kappa shape index (κ3) is 2.84. The average molecular weight is 263 g/mol. The van der Waals surface area contributed by atoms with Gasteiger partial charge in [0, 0.05) is 22.7 Å². The van der Waals surface area contributed by atoms with Crippen molar-refractivity contribution in [3.63, 3.8) is 0 Å². The zero-order chi connectivity index (χ0) is 13.1. The van der Waals surface area contributed by atoms with Crippen LogP contribution in [0.15, 0.2) is 24.3 Å². The molecular formula is C12H13N3O2S. The first-order chi connectivity index (χ1) is 8.56. The van der Waals surface area contributed by atoms with Gasteiger partial charge in [-0.15, -0.1) is 11.3 Å². The summed E-state index contributed by atoms with van der Waals surface area (Å²) in [4.78, 5) is 15.7. The number of nitrogens with zero attached hydrogens (tertiary/aromatic N) is 2. The maximum Gasteiger partial charge on any atom is 0.269 e. The minimum absolute atomic E-state index is 0.102. The van der Waals surface area contributed by atoms with Crippen molar-refractivity contribution in [3.8, 4) is 0 Å². The third-order valence-electron chi connectivity index (χ3n) is 2.53. The normalized spacial score (nSPS) is 10.3. The molecule has 0 aliphatic heterocycles. The van der Waals surface area contributed by atoms with Gasteiger partial charge in [0.15, 0.2) is 0 Å². The molecule has 0 fully saturated rings. The van der Waals surface area contributed by atoms with Crippen LogP contribution in [0.25, 0.3) is 0 Å². The molecule has 0 amide bonds. The van der Waals surface area contributed by atoms with Gasteiger partial charge >= 0.3 is 0 Å². The van der Waals surface area contributed by atoms with Crippen LogP contribution < -0.4 is 5.32 Å². The highest BCUT2D eigenvalue weighted by molar-refractivity contribution is 7.11. The molecule has 1 aromatic carbocycles. The van der Waals surface area contributed by atoms with Gasteiger partial charge in [-0.3, -0.25) is 10.1 Å². The van der Waals surface area contributed by atoms with Gasteiger partial charge < -0.3 is 5.32 Å². The van der Waals surface area contributed by atoms with Gasteiger partial charge in [-0.25, -0.2) is 4.98 Å². The van der Waals surface area contributed by atoms with Crippen molar-refractivity contribution >= 4 is 22.7 Å². The molecule has 0 saturated carbocycles. The summed E-state index contributed by atoms with van der Waals surface area (Å²) in [6.45, 7) is 4.65. The second kappa shape index (κ2) is 5.14. The van der Waals surface area contributed by atoms with Gasteiger partial charge in [-0.05, 0) is 26.0 Å². The summed E-state index contributed by atoms with van der Waals surface area (Å²) in [5, 5.41) is 14.8. The number of hydrogen-bond acceptors (Lipinski definition) is 5. The van der Waals surface area contributed by atoms with Crippen LogP contribution in [-0.4, -0.2) is 9.91 Å². The van der Waals surface area contributed by atoms with Crippen molar-refractivity contribution in [2.24, 2.45) is 0 Å². The number of non-ortho nitro benzene ring substituents is 1. The van der Waals surface area contributed by atoms with Crippen LogP contribution in [-0.2, 0) is 6.54 Å². The molecule has 0 saturated heterocycles. The number of thiazole rings is 1. The molecule has 1 N–H and O–H groups in total. The number of rotatable bonds is 4. The van der Waals surface area contributed by atoms with E-state index < -0.39 is 4.92 Å². The standard InChI is InChI=1S/C12H13N3O2S/c1-8-12(18-9(2)14-8)7-13-10-3-5-11(6-4-10)15(16)17/h3-6,13H,7H2,1-2H3. The SMILES string of the molecule is Cc1nc(C)c(CNc2ccc([N+](=O)[O-])cc2)s1. The van der Waals surface area contributed by atoms with Crippen molar-refractivity contribution in [1.29, 1.82) is 0 Å². The molecule has 1 aromatic heterocycles. The van der Waals surface area contributed by atoms with E-state index in [-0.39, 0.29) is 5.69 Å². The van der Waals surface area contributed by atoms with Crippen molar-refractivity contribution in [2.75, 3.05) is 5.32 Å². The fourth-order valence-electron chi connectivity index (χ4n) is 1.62. The van der Waals surface area contributed by atoms with Crippen LogP contribution in [0, 0.1) is 24.0 Å². The number of hydrogen-bond donors (Lipinski definition) is 1. The topological polar surface area (TPSA) is 68.1 Å². The molecule has 5 nitrogen and oxygen atoms in total. The summed E-state index contributed by atoms with van der Waals surface area (Å²) >= 11 is 1.66. The van der Waals surface area contributed by atoms with Crippen LogP contribution in [0.2, 0.25) is 0 Å². The first kappa shape index (κ1) is 12.5. The molecule has 0 aliphatic rings. The molecule has 1 heterocycles. The lowest BCUT2D eigenvalue weighted by molar-refractivity contribution is -0.384. The monoisotopic (exact) mass is 263 g/mol. The number of aromatic nitrogens is 1.